The third-order valence-electron chi connectivity index (χ3n) is 4.81. The molecule has 158 valence electrons. The lowest BCUT2D eigenvalue weighted by Gasteiger charge is -2.16. The fourth-order valence-corrected chi connectivity index (χ4v) is 4.08. The zero-order valence-corrected chi connectivity index (χ0v) is 18.9. The van der Waals surface area contributed by atoms with E-state index in [1.165, 1.54) is 11.8 Å². The highest BCUT2D eigenvalue weighted by molar-refractivity contribution is 7.99. The van der Waals surface area contributed by atoms with Gasteiger partial charge >= 0.3 is 0 Å². The SMILES string of the molecule is CCn1c(SCC(=O)Nc2c(C)cccc2C)nnc1C(C)Oc1cccc(C)c1. The van der Waals surface area contributed by atoms with Crippen LogP contribution >= 0.6 is 11.8 Å². The highest BCUT2D eigenvalue weighted by Crippen LogP contribution is 2.26. The summed E-state index contributed by atoms with van der Waals surface area (Å²) < 4.78 is 8.05. The minimum absolute atomic E-state index is 0.0614. The number of hydrogen-bond acceptors (Lipinski definition) is 5. The van der Waals surface area contributed by atoms with Crippen molar-refractivity contribution in [1.82, 2.24) is 14.8 Å². The van der Waals surface area contributed by atoms with Gasteiger partial charge in [-0.3, -0.25) is 4.79 Å². The fraction of sp³-hybridized carbons (Fsp3) is 0.348. The van der Waals surface area contributed by atoms with Crippen LogP contribution in [0.1, 0.15) is 42.5 Å². The number of carbonyl (C=O) groups is 1. The molecule has 1 atom stereocenters. The van der Waals surface area contributed by atoms with Gasteiger partial charge in [0.05, 0.1) is 5.75 Å². The highest BCUT2D eigenvalue weighted by Gasteiger charge is 2.19. The molecule has 0 saturated carbocycles. The van der Waals surface area contributed by atoms with Gasteiger partial charge < -0.3 is 14.6 Å². The molecule has 0 aliphatic heterocycles. The van der Waals surface area contributed by atoms with Crippen LogP contribution in [0.3, 0.4) is 0 Å². The summed E-state index contributed by atoms with van der Waals surface area (Å²) in [4.78, 5) is 12.5. The van der Waals surface area contributed by atoms with E-state index in [-0.39, 0.29) is 17.8 Å². The van der Waals surface area contributed by atoms with E-state index in [1.807, 2.05) is 81.7 Å². The minimum atomic E-state index is -0.253. The molecule has 1 heterocycles. The van der Waals surface area contributed by atoms with Crippen molar-refractivity contribution in [3.05, 3.63) is 65.0 Å². The maximum absolute atomic E-state index is 12.5. The van der Waals surface area contributed by atoms with E-state index in [9.17, 15) is 4.79 Å². The molecule has 1 N–H and O–H groups in total. The molecule has 1 amide bonds. The van der Waals surface area contributed by atoms with E-state index >= 15 is 0 Å². The third-order valence-corrected chi connectivity index (χ3v) is 5.77. The highest BCUT2D eigenvalue weighted by atomic mass is 32.2. The second-order valence-electron chi connectivity index (χ2n) is 7.27. The Morgan fingerprint density at radius 1 is 1.13 bits per heavy atom. The molecular formula is C23H28N4O2S. The number of rotatable bonds is 8. The maximum Gasteiger partial charge on any atom is 0.234 e. The Labute approximate surface area is 182 Å². The second kappa shape index (κ2) is 9.80. The van der Waals surface area contributed by atoms with Gasteiger partial charge in [-0.25, -0.2) is 0 Å². The normalized spacial score (nSPS) is 11.9. The summed E-state index contributed by atoms with van der Waals surface area (Å²) in [7, 11) is 0. The Morgan fingerprint density at radius 3 is 2.50 bits per heavy atom. The molecule has 2 aromatic carbocycles. The van der Waals surface area contributed by atoms with Gasteiger partial charge in [-0.05, 0) is 63.4 Å². The molecular weight excluding hydrogens is 396 g/mol. The largest absolute Gasteiger partial charge is 0.483 e. The van der Waals surface area contributed by atoms with Crippen LogP contribution in [0.2, 0.25) is 0 Å². The summed E-state index contributed by atoms with van der Waals surface area (Å²) in [5.74, 6) is 1.75. The summed E-state index contributed by atoms with van der Waals surface area (Å²) in [5, 5.41) is 12.4. The first-order chi connectivity index (χ1) is 14.4. The summed E-state index contributed by atoms with van der Waals surface area (Å²) in [6.07, 6.45) is -0.253. The predicted molar refractivity (Wildman–Crippen MR) is 121 cm³/mol. The van der Waals surface area contributed by atoms with Gasteiger partial charge in [-0.1, -0.05) is 42.1 Å². The molecule has 3 aromatic rings. The van der Waals surface area contributed by atoms with Crippen molar-refractivity contribution in [1.29, 1.82) is 0 Å². The van der Waals surface area contributed by atoms with E-state index < -0.39 is 0 Å². The lowest BCUT2D eigenvalue weighted by molar-refractivity contribution is -0.113. The van der Waals surface area contributed by atoms with Crippen molar-refractivity contribution < 1.29 is 9.53 Å². The van der Waals surface area contributed by atoms with Crippen LogP contribution in [0.15, 0.2) is 47.6 Å². The molecule has 0 aliphatic carbocycles. The van der Waals surface area contributed by atoms with Gasteiger partial charge in [0, 0.05) is 12.2 Å². The van der Waals surface area contributed by atoms with Crippen molar-refractivity contribution >= 4 is 23.4 Å². The smallest absolute Gasteiger partial charge is 0.234 e. The van der Waals surface area contributed by atoms with Gasteiger partial charge in [-0.2, -0.15) is 0 Å². The predicted octanol–water partition coefficient (Wildman–Crippen LogP) is 5.09. The molecule has 30 heavy (non-hydrogen) atoms. The van der Waals surface area contributed by atoms with E-state index in [2.05, 4.69) is 15.5 Å². The molecule has 0 bridgehead atoms. The number of nitrogens with zero attached hydrogens (tertiary/aromatic N) is 3. The summed E-state index contributed by atoms with van der Waals surface area (Å²) in [6.45, 7) is 10.7. The lowest BCUT2D eigenvalue weighted by atomic mass is 10.1. The number of benzene rings is 2. The zero-order chi connectivity index (χ0) is 21.7. The van der Waals surface area contributed by atoms with E-state index in [1.54, 1.807) is 0 Å². The second-order valence-corrected chi connectivity index (χ2v) is 8.21. The van der Waals surface area contributed by atoms with Gasteiger partial charge in [0.25, 0.3) is 0 Å². The first kappa shape index (κ1) is 21.9. The Balaban J connectivity index is 1.66. The van der Waals surface area contributed by atoms with Crippen LogP contribution in [-0.4, -0.2) is 26.4 Å². The Kier molecular flexibility index (Phi) is 7.15. The van der Waals surface area contributed by atoms with Crippen LogP contribution in [0.25, 0.3) is 0 Å². The number of nitrogens with one attached hydrogen (secondary N) is 1. The number of thioether (sulfide) groups is 1. The van der Waals surface area contributed by atoms with Crippen molar-refractivity contribution in [3.63, 3.8) is 0 Å². The third kappa shape index (κ3) is 5.21. The van der Waals surface area contributed by atoms with Crippen molar-refractivity contribution in [2.24, 2.45) is 0 Å². The molecule has 6 nitrogen and oxygen atoms in total. The zero-order valence-electron chi connectivity index (χ0n) is 18.1. The van der Waals surface area contributed by atoms with Crippen LogP contribution in [0.5, 0.6) is 5.75 Å². The monoisotopic (exact) mass is 424 g/mol. The van der Waals surface area contributed by atoms with Gasteiger partial charge in [0.2, 0.25) is 5.91 Å². The molecule has 1 unspecified atom stereocenters. The number of aromatic nitrogens is 3. The summed E-state index contributed by atoms with van der Waals surface area (Å²) in [5.41, 5.74) is 4.12. The lowest BCUT2D eigenvalue weighted by Crippen LogP contribution is -2.16. The van der Waals surface area contributed by atoms with E-state index in [0.717, 1.165) is 34.0 Å². The molecule has 0 aliphatic rings. The number of anilines is 1. The van der Waals surface area contributed by atoms with Crippen molar-refractivity contribution in [3.8, 4) is 5.75 Å². The quantitative estimate of drug-likeness (QED) is 0.510. The van der Waals surface area contributed by atoms with E-state index in [0.29, 0.717) is 11.7 Å². The van der Waals surface area contributed by atoms with Crippen molar-refractivity contribution in [2.75, 3.05) is 11.1 Å². The summed E-state index contributed by atoms with van der Waals surface area (Å²) in [6, 6.07) is 13.9. The van der Waals surface area contributed by atoms with Crippen molar-refractivity contribution in [2.45, 2.75) is 52.4 Å². The molecule has 0 saturated heterocycles. The Hall–Kier alpha value is -2.80. The van der Waals surface area contributed by atoms with Crippen LogP contribution < -0.4 is 10.1 Å². The van der Waals surface area contributed by atoms with E-state index in [4.69, 9.17) is 4.74 Å². The van der Waals surface area contributed by atoms with Gasteiger partial charge in [-0.15, -0.1) is 10.2 Å². The minimum Gasteiger partial charge on any atom is -0.483 e. The Bertz CT molecular complexity index is 1010. The molecule has 7 heteroatoms. The van der Waals surface area contributed by atoms with Crippen LogP contribution in [0.4, 0.5) is 5.69 Å². The van der Waals surface area contributed by atoms with Crippen LogP contribution in [0, 0.1) is 20.8 Å². The first-order valence-electron chi connectivity index (χ1n) is 10.0. The molecule has 3 rings (SSSR count). The molecule has 1 aromatic heterocycles. The fourth-order valence-electron chi connectivity index (χ4n) is 3.27. The number of amides is 1. The summed E-state index contributed by atoms with van der Waals surface area (Å²) >= 11 is 1.38. The average Bonchev–Trinajstić information content (AvgIpc) is 3.12. The van der Waals surface area contributed by atoms with Gasteiger partial charge in [0.15, 0.2) is 17.1 Å². The first-order valence-corrected chi connectivity index (χ1v) is 11.0. The van der Waals surface area contributed by atoms with Gasteiger partial charge in [0.1, 0.15) is 5.75 Å². The van der Waals surface area contributed by atoms with Crippen LogP contribution in [-0.2, 0) is 11.3 Å². The number of carbonyl (C=O) groups excluding carboxylic acids is 1. The molecule has 0 fully saturated rings. The number of ether oxygens (including phenoxy) is 1. The molecule has 0 radical (unpaired) electrons. The molecule has 0 spiro atoms. The standard InChI is InChI=1S/C23H28N4O2S/c1-6-27-22(18(5)29-19-12-7-9-15(2)13-19)25-26-23(27)30-14-20(28)24-21-16(3)10-8-11-17(21)4/h7-13,18H,6,14H2,1-5H3,(H,24,28). The average molecular weight is 425 g/mol. The number of para-hydroxylation sites is 1. The number of hydrogen-bond donors (Lipinski definition) is 1. The number of aryl methyl sites for hydroxylation is 3. The Morgan fingerprint density at radius 2 is 1.83 bits per heavy atom. The topological polar surface area (TPSA) is 69.0 Å². The maximum atomic E-state index is 12.5.